The summed E-state index contributed by atoms with van der Waals surface area (Å²) < 4.78 is 0. The highest BCUT2D eigenvalue weighted by Crippen LogP contribution is 2.24. The normalized spacial score (nSPS) is 14.7. The zero-order valence-electron chi connectivity index (χ0n) is 17.7. The molecule has 0 atom stereocenters. The van der Waals surface area contributed by atoms with Crippen molar-refractivity contribution in [2.45, 2.75) is 62.3 Å². The van der Waals surface area contributed by atoms with Crippen LogP contribution in [0.15, 0.2) is 53.4 Å². The molecule has 2 amide bonds. The van der Waals surface area contributed by atoms with E-state index in [0.717, 1.165) is 23.3 Å². The number of rotatable bonds is 7. The number of hydrogen-bond donors (Lipinski definition) is 2. The van der Waals surface area contributed by atoms with Gasteiger partial charge in [-0.2, -0.15) is 5.26 Å². The number of nitrogens with zero attached hydrogens (tertiary/aromatic N) is 1. The van der Waals surface area contributed by atoms with E-state index in [4.69, 9.17) is 5.26 Å². The van der Waals surface area contributed by atoms with Crippen molar-refractivity contribution in [3.05, 3.63) is 59.7 Å². The Labute approximate surface area is 188 Å². The van der Waals surface area contributed by atoms with E-state index in [0.29, 0.717) is 23.4 Å². The van der Waals surface area contributed by atoms with Crippen molar-refractivity contribution in [3.8, 4) is 6.07 Å². The fourth-order valence-corrected chi connectivity index (χ4v) is 4.65. The Morgan fingerprint density at radius 2 is 1.65 bits per heavy atom. The minimum atomic E-state index is -0.212. The molecule has 162 valence electrons. The molecule has 31 heavy (non-hydrogen) atoms. The lowest BCUT2D eigenvalue weighted by atomic mass is 9.97. The number of amides is 2. The summed E-state index contributed by atoms with van der Waals surface area (Å²) in [5.41, 5.74) is 2.13. The molecular formula is C25H29N3O2S. The number of hydrogen-bond acceptors (Lipinski definition) is 4. The van der Waals surface area contributed by atoms with Crippen molar-refractivity contribution in [1.29, 1.82) is 5.26 Å². The Bertz CT molecular complexity index is 913. The van der Waals surface area contributed by atoms with E-state index >= 15 is 0 Å². The second kappa shape index (κ2) is 12.2. The molecule has 2 aromatic carbocycles. The van der Waals surface area contributed by atoms with Gasteiger partial charge in [-0.3, -0.25) is 9.59 Å². The lowest BCUT2D eigenvalue weighted by molar-refractivity contribution is -0.119. The molecule has 0 unspecified atom stereocenters. The molecule has 2 N–H and O–H groups in total. The monoisotopic (exact) mass is 435 g/mol. The molecule has 2 aromatic rings. The van der Waals surface area contributed by atoms with Crippen LogP contribution < -0.4 is 10.6 Å². The van der Waals surface area contributed by atoms with Gasteiger partial charge in [-0.15, -0.1) is 11.8 Å². The van der Waals surface area contributed by atoms with Gasteiger partial charge in [0.2, 0.25) is 5.91 Å². The van der Waals surface area contributed by atoms with Gasteiger partial charge in [-0.05, 0) is 42.7 Å². The number of anilines is 1. The first-order valence-corrected chi connectivity index (χ1v) is 11.9. The molecule has 1 saturated carbocycles. The maximum atomic E-state index is 12.8. The van der Waals surface area contributed by atoms with Gasteiger partial charge in [0.1, 0.15) is 0 Å². The number of carbonyl (C=O) groups excluding carboxylic acids is 2. The molecule has 0 aliphatic heterocycles. The largest absolute Gasteiger partial charge is 0.353 e. The van der Waals surface area contributed by atoms with Gasteiger partial charge < -0.3 is 10.6 Å². The van der Waals surface area contributed by atoms with E-state index in [2.05, 4.69) is 16.7 Å². The van der Waals surface area contributed by atoms with Crippen molar-refractivity contribution < 1.29 is 9.59 Å². The first-order chi connectivity index (χ1) is 15.2. The van der Waals surface area contributed by atoms with Crippen molar-refractivity contribution >= 4 is 29.3 Å². The number of benzene rings is 2. The third-order valence-electron chi connectivity index (χ3n) is 5.46. The Morgan fingerprint density at radius 3 is 2.35 bits per heavy atom. The lowest BCUT2D eigenvalue weighted by Gasteiger charge is -2.21. The zero-order chi connectivity index (χ0) is 21.9. The minimum absolute atomic E-state index is 0.0267. The summed E-state index contributed by atoms with van der Waals surface area (Å²) in [6, 6.07) is 17.0. The first-order valence-electron chi connectivity index (χ1n) is 10.9. The summed E-state index contributed by atoms with van der Waals surface area (Å²) in [6.45, 7) is 0. The summed E-state index contributed by atoms with van der Waals surface area (Å²) in [5.74, 6) is 0.110. The van der Waals surface area contributed by atoms with E-state index in [1.165, 1.54) is 43.9 Å². The van der Waals surface area contributed by atoms with Gasteiger partial charge in [0.25, 0.3) is 5.91 Å². The highest BCUT2D eigenvalue weighted by molar-refractivity contribution is 8.00. The predicted octanol–water partition coefficient (Wildman–Crippen LogP) is 5.33. The topological polar surface area (TPSA) is 82.0 Å². The summed E-state index contributed by atoms with van der Waals surface area (Å²) in [4.78, 5) is 26.1. The van der Waals surface area contributed by atoms with E-state index in [-0.39, 0.29) is 17.9 Å². The van der Waals surface area contributed by atoms with Crippen molar-refractivity contribution in [2.24, 2.45) is 0 Å². The Morgan fingerprint density at radius 1 is 0.968 bits per heavy atom. The molecular weight excluding hydrogens is 406 g/mol. The zero-order valence-corrected chi connectivity index (χ0v) is 18.5. The van der Waals surface area contributed by atoms with Crippen LogP contribution in [0.2, 0.25) is 0 Å². The Kier molecular flexibility index (Phi) is 8.99. The number of carbonyl (C=O) groups is 2. The molecule has 6 heteroatoms. The summed E-state index contributed by atoms with van der Waals surface area (Å²) in [6.07, 6.45) is 8.63. The van der Waals surface area contributed by atoms with Gasteiger partial charge in [-0.25, -0.2) is 0 Å². The summed E-state index contributed by atoms with van der Waals surface area (Å²) in [5, 5.41) is 14.8. The molecule has 5 nitrogen and oxygen atoms in total. The van der Waals surface area contributed by atoms with Gasteiger partial charge in [-0.1, -0.05) is 56.4 Å². The van der Waals surface area contributed by atoms with Crippen LogP contribution in [-0.2, 0) is 11.2 Å². The van der Waals surface area contributed by atoms with E-state index in [9.17, 15) is 9.59 Å². The highest BCUT2D eigenvalue weighted by atomic mass is 32.2. The average molecular weight is 436 g/mol. The molecule has 3 rings (SSSR count). The molecule has 0 spiro atoms. The predicted molar refractivity (Wildman–Crippen MR) is 125 cm³/mol. The standard InChI is InChI=1S/C25H29N3O2S/c26-17-16-19-12-14-21(15-13-19)28-25(30)22-10-6-7-11-23(22)31-18-24(29)27-20-8-4-2-1-3-5-9-20/h6-7,10-15,20H,1-5,8-9,16,18H2,(H,27,29)(H,28,30). The quantitative estimate of drug-likeness (QED) is 0.576. The van der Waals surface area contributed by atoms with Crippen LogP contribution in [0, 0.1) is 11.3 Å². The van der Waals surface area contributed by atoms with Gasteiger partial charge in [0.05, 0.1) is 23.8 Å². The van der Waals surface area contributed by atoms with Crippen LogP contribution >= 0.6 is 11.8 Å². The van der Waals surface area contributed by atoms with Crippen LogP contribution in [0.3, 0.4) is 0 Å². The first kappa shape index (κ1) is 22.9. The van der Waals surface area contributed by atoms with Crippen LogP contribution in [-0.4, -0.2) is 23.6 Å². The molecule has 0 heterocycles. The van der Waals surface area contributed by atoms with E-state index in [1.807, 2.05) is 30.3 Å². The maximum absolute atomic E-state index is 12.8. The van der Waals surface area contributed by atoms with Gasteiger partial charge in [0.15, 0.2) is 0 Å². The van der Waals surface area contributed by atoms with E-state index in [1.54, 1.807) is 18.2 Å². The number of nitrogens with one attached hydrogen (secondary N) is 2. The van der Waals surface area contributed by atoms with Crippen molar-refractivity contribution in [3.63, 3.8) is 0 Å². The molecule has 1 fully saturated rings. The maximum Gasteiger partial charge on any atom is 0.256 e. The third kappa shape index (κ3) is 7.45. The smallest absolute Gasteiger partial charge is 0.256 e. The molecule has 1 aliphatic carbocycles. The number of nitriles is 1. The third-order valence-corrected chi connectivity index (χ3v) is 6.53. The Balaban J connectivity index is 1.56. The van der Waals surface area contributed by atoms with E-state index < -0.39 is 0 Å². The Hall–Kier alpha value is -2.78. The van der Waals surface area contributed by atoms with Gasteiger partial charge in [0, 0.05) is 16.6 Å². The fraction of sp³-hybridized carbons (Fsp3) is 0.400. The highest BCUT2D eigenvalue weighted by Gasteiger charge is 2.16. The molecule has 0 bridgehead atoms. The average Bonchev–Trinajstić information content (AvgIpc) is 2.76. The van der Waals surface area contributed by atoms with Crippen LogP contribution in [0.5, 0.6) is 0 Å². The second-order valence-electron chi connectivity index (χ2n) is 7.88. The van der Waals surface area contributed by atoms with Crippen LogP contribution in [0.1, 0.15) is 60.9 Å². The molecule has 0 radical (unpaired) electrons. The van der Waals surface area contributed by atoms with Crippen LogP contribution in [0.25, 0.3) is 0 Å². The SMILES string of the molecule is N#CCc1ccc(NC(=O)c2ccccc2SCC(=O)NC2CCCCCCC2)cc1. The van der Waals surface area contributed by atoms with Crippen LogP contribution in [0.4, 0.5) is 5.69 Å². The minimum Gasteiger partial charge on any atom is -0.353 e. The molecule has 0 aromatic heterocycles. The number of thioether (sulfide) groups is 1. The summed E-state index contributed by atoms with van der Waals surface area (Å²) in [7, 11) is 0. The molecule has 0 saturated heterocycles. The fourth-order valence-electron chi connectivity index (χ4n) is 3.79. The molecule has 1 aliphatic rings. The lowest BCUT2D eigenvalue weighted by Crippen LogP contribution is -2.36. The van der Waals surface area contributed by atoms with Crippen molar-refractivity contribution in [1.82, 2.24) is 5.32 Å². The van der Waals surface area contributed by atoms with Gasteiger partial charge >= 0.3 is 0 Å². The second-order valence-corrected chi connectivity index (χ2v) is 8.90. The van der Waals surface area contributed by atoms with Crippen molar-refractivity contribution in [2.75, 3.05) is 11.1 Å². The summed E-state index contributed by atoms with van der Waals surface area (Å²) >= 11 is 1.39.